The molecule has 5 nitrogen and oxygen atoms in total. The lowest BCUT2D eigenvalue weighted by Crippen LogP contribution is -2.36. The van der Waals surface area contributed by atoms with Gasteiger partial charge in [-0.25, -0.2) is 0 Å². The molecule has 0 radical (unpaired) electrons. The predicted octanol–water partition coefficient (Wildman–Crippen LogP) is 0.751. The highest BCUT2D eigenvalue weighted by atomic mass is 16.5. The number of nitrogens with zero attached hydrogens (tertiary/aromatic N) is 1. The standard InChI is InChI=1S/C14H20N2O3/c1-10-5-6-12(19-4)11(7-10)8-13(17)15-9-14(18)16(2)3/h5-7H,8-9H2,1-4H3,(H,15,17). The number of aryl methyl sites for hydroxylation is 1. The molecule has 0 fully saturated rings. The number of carbonyl (C=O) groups excluding carboxylic acids is 2. The van der Waals surface area contributed by atoms with Gasteiger partial charge in [0.1, 0.15) is 5.75 Å². The van der Waals surface area contributed by atoms with E-state index >= 15 is 0 Å². The Balaban J connectivity index is 2.62. The number of methoxy groups -OCH3 is 1. The molecule has 0 aliphatic heterocycles. The van der Waals surface area contributed by atoms with E-state index in [0.29, 0.717) is 5.75 Å². The third-order valence-corrected chi connectivity index (χ3v) is 2.72. The van der Waals surface area contributed by atoms with Crippen LogP contribution in [-0.4, -0.2) is 44.5 Å². The third kappa shape index (κ3) is 4.62. The van der Waals surface area contributed by atoms with Crippen LogP contribution < -0.4 is 10.1 Å². The van der Waals surface area contributed by atoms with E-state index in [2.05, 4.69) is 5.32 Å². The predicted molar refractivity (Wildman–Crippen MR) is 73.1 cm³/mol. The number of ether oxygens (including phenoxy) is 1. The Morgan fingerprint density at radius 2 is 2.00 bits per heavy atom. The van der Waals surface area contributed by atoms with Crippen LogP contribution in [0.5, 0.6) is 5.75 Å². The number of rotatable bonds is 5. The normalized spacial score (nSPS) is 9.89. The van der Waals surface area contributed by atoms with Crippen LogP contribution in [0.1, 0.15) is 11.1 Å². The first-order valence-electron chi connectivity index (χ1n) is 6.04. The fourth-order valence-corrected chi connectivity index (χ4v) is 1.61. The van der Waals surface area contributed by atoms with Gasteiger partial charge in [0.2, 0.25) is 11.8 Å². The van der Waals surface area contributed by atoms with Crippen LogP contribution in [0.3, 0.4) is 0 Å². The van der Waals surface area contributed by atoms with E-state index in [1.165, 1.54) is 4.90 Å². The van der Waals surface area contributed by atoms with Gasteiger partial charge in [0.15, 0.2) is 0 Å². The van der Waals surface area contributed by atoms with Gasteiger partial charge in [-0.3, -0.25) is 9.59 Å². The Hall–Kier alpha value is -2.04. The fraction of sp³-hybridized carbons (Fsp3) is 0.429. The number of amides is 2. The molecule has 5 heteroatoms. The Kier molecular flexibility index (Phi) is 5.36. The van der Waals surface area contributed by atoms with Gasteiger partial charge < -0.3 is 15.0 Å². The number of hydrogen-bond donors (Lipinski definition) is 1. The number of nitrogens with one attached hydrogen (secondary N) is 1. The van der Waals surface area contributed by atoms with E-state index < -0.39 is 0 Å². The second kappa shape index (κ2) is 6.78. The molecule has 1 rings (SSSR count). The Labute approximate surface area is 113 Å². The maximum atomic E-state index is 11.8. The van der Waals surface area contributed by atoms with Gasteiger partial charge in [-0.2, -0.15) is 0 Å². The molecular formula is C14H20N2O3. The molecule has 0 aliphatic carbocycles. The van der Waals surface area contributed by atoms with Crippen molar-refractivity contribution in [3.05, 3.63) is 29.3 Å². The van der Waals surface area contributed by atoms with Crippen molar-refractivity contribution < 1.29 is 14.3 Å². The van der Waals surface area contributed by atoms with Crippen molar-refractivity contribution in [2.75, 3.05) is 27.7 Å². The third-order valence-electron chi connectivity index (χ3n) is 2.72. The first-order valence-corrected chi connectivity index (χ1v) is 6.04. The summed E-state index contributed by atoms with van der Waals surface area (Å²) in [6.45, 7) is 1.97. The molecule has 1 aromatic rings. The summed E-state index contributed by atoms with van der Waals surface area (Å²) in [7, 11) is 4.87. The number of benzene rings is 1. The van der Waals surface area contributed by atoms with Gasteiger partial charge in [-0.1, -0.05) is 17.7 Å². The van der Waals surface area contributed by atoms with Crippen LogP contribution >= 0.6 is 0 Å². The van der Waals surface area contributed by atoms with E-state index in [4.69, 9.17) is 4.74 Å². The number of likely N-dealkylation sites (N-methyl/N-ethyl adjacent to an activating group) is 1. The lowest BCUT2D eigenvalue weighted by Gasteiger charge is -2.12. The van der Waals surface area contributed by atoms with Crippen molar-refractivity contribution in [2.45, 2.75) is 13.3 Å². The molecule has 0 bridgehead atoms. The van der Waals surface area contributed by atoms with Crippen molar-refractivity contribution >= 4 is 11.8 Å². The molecule has 0 atom stereocenters. The zero-order valence-electron chi connectivity index (χ0n) is 11.8. The smallest absolute Gasteiger partial charge is 0.241 e. The second-order valence-corrected chi connectivity index (χ2v) is 4.56. The highest BCUT2D eigenvalue weighted by Crippen LogP contribution is 2.19. The van der Waals surface area contributed by atoms with Crippen molar-refractivity contribution in [1.82, 2.24) is 10.2 Å². The van der Waals surface area contributed by atoms with E-state index in [9.17, 15) is 9.59 Å². The molecule has 0 aromatic heterocycles. The van der Waals surface area contributed by atoms with Gasteiger partial charge in [-0.15, -0.1) is 0 Å². The van der Waals surface area contributed by atoms with Crippen LogP contribution in [-0.2, 0) is 16.0 Å². The zero-order valence-corrected chi connectivity index (χ0v) is 11.8. The van der Waals surface area contributed by atoms with Crippen LogP contribution in [0.4, 0.5) is 0 Å². The molecule has 0 unspecified atom stereocenters. The second-order valence-electron chi connectivity index (χ2n) is 4.56. The van der Waals surface area contributed by atoms with Gasteiger partial charge in [0.25, 0.3) is 0 Å². The molecule has 1 N–H and O–H groups in total. The van der Waals surface area contributed by atoms with Gasteiger partial charge in [0, 0.05) is 19.7 Å². The summed E-state index contributed by atoms with van der Waals surface area (Å²) in [6.07, 6.45) is 0.200. The summed E-state index contributed by atoms with van der Waals surface area (Å²) in [5, 5.41) is 2.60. The summed E-state index contributed by atoms with van der Waals surface area (Å²) >= 11 is 0. The van der Waals surface area contributed by atoms with Crippen LogP contribution in [0.2, 0.25) is 0 Å². The van der Waals surface area contributed by atoms with E-state index in [-0.39, 0.29) is 24.8 Å². The molecule has 0 saturated heterocycles. The molecule has 2 amide bonds. The van der Waals surface area contributed by atoms with Crippen LogP contribution in [0.15, 0.2) is 18.2 Å². The topological polar surface area (TPSA) is 58.6 Å². The average molecular weight is 264 g/mol. The highest BCUT2D eigenvalue weighted by Gasteiger charge is 2.11. The van der Waals surface area contributed by atoms with Gasteiger partial charge >= 0.3 is 0 Å². The minimum absolute atomic E-state index is 0.0139. The van der Waals surface area contributed by atoms with Crippen molar-refractivity contribution in [1.29, 1.82) is 0 Å². The minimum atomic E-state index is -0.195. The SMILES string of the molecule is COc1ccc(C)cc1CC(=O)NCC(=O)N(C)C. The molecule has 0 heterocycles. The molecule has 104 valence electrons. The van der Waals surface area contributed by atoms with E-state index in [0.717, 1.165) is 11.1 Å². The summed E-state index contributed by atoms with van der Waals surface area (Å²) in [5.74, 6) is 0.350. The lowest BCUT2D eigenvalue weighted by atomic mass is 10.1. The Morgan fingerprint density at radius 1 is 1.32 bits per heavy atom. The van der Waals surface area contributed by atoms with Crippen LogP contribution in [0.25, 0.3) is 0 Å². The van der Waals surface area contributed by atoms with E-state index in [1.54, 1.807) is 21.2 Å². The molecular weight excluding hydrogens is 244 g/mol. The maximum Gasteiger partial charge on any atom is 0.241 e. The zero-order chi connectivity index (χ0) is 14.4. The minimum Gasteiger partial charge on any atom is -0.496 e. The summed E-state index contributed by atoms with van der Waals surface area (Å²) in [4.78, 5) is 24.6. The maximum absolute atomic E-state index is 11.8. The highest BCUT2D eigenvalue weighted by molar-refractivity contribution is 5.85. The van der Waals surface area contributed by atoms with Gasteiger partial charge in [0.05, 0.1) is 20.1 Å². The van der Waals surface area contributed by atoms with E-state index in [1.807, 2.05) is 25.1 Å². The van der Waals surface area contributed by atoms with Crippen LogP contribution in [0, 0.1) is 6.92 Å². The lowest BCUT2D eigenvalue weighted by molar-refractivity contribution is -0.130. The summed E-state index contributed by atoms with van der Waals surface area (Å²) in [5.41, 5.74) is 1.88. The Morgan fingerprint density at radius 3 is 2.58 bits per heavy atom. The summed E-state index contributed by atoms with van der Waals surface area (Å²) in [6, 6.07) is 5.67. The largest absolute Gasteiger partial charge is 0.496 e. The Bertz CT molecular complexity index is 470. The van der Waals surface area contributed by atoms with Crippen molar-refractivity contribution in [3.8, 4) is 5.75 Å². The first-order chi connectivity index (χ1) is 8.93. The number of carbonyl (C=O) groups is 2. The molecule has 0 saturated carbocycles. The monoisotopic (exact) mass is 264 g/mol. The first kappa shape index (κ1) is 15.0. The number of hydrogen-bond acceptors (Lipinski definition) is 3. The van der Waals surface area contributed by atoms with Crippen molar-refractivity contribution in [2.24, 2.45) is 0 Å². The summed E-state index contributed by atoms with van der Waals surface area (Å²) < 4.78 is 5.21. The molecule has 19 heavy (non-hydrogen) atoms. The van der Waals surface area contributed by atoms with Crippen molar-refractivity contribution in [3.63, 3.8) is 0 Å². The van der Waals surface area contributed by atoms with Gasteiger partial charge in [-0.05, 0) is 13.0 Å². The average Bonchev–Trinajstić information content (AvgIpc) is 2.36. The quantitative estimate of drug-likeness (QED) is 0.854. The molecule has 0 aliphatic rings. The molecule has 1 aromatic carbocycles. The fourth-order valence-electron chi connectivity index (χ4n) is 1.61. The molecule has 0 spiro atoms.